The topological polar surface area (TPSA) is 12.5 Å². The minimum Gasteiger partial charge on any atom is -0.382 e. The minimum absolute atomic E-state index is 0.796. The number of hydrogen-bond donors (Lipinski definition) is 0. The Hall–Kier alpha value is 0.400. The first-order valence-electron chi connectivity index (χ1n) is 5.62. The van der Waals surface area contributed by atoms with Crippen molar-refractivity contribution in [2.45, 2.75) is 31.0 Å². The normalized spacial score (nSPS) is 26.6. The van der Waals surface area contributed by atoms with Crippen molar-refractivity contribution in [1.29, 1.82) is 0 Å². The molecule has 1 fully saturated rings. The fourth-order valence-electron chi connectivity index (χ4n) is 1.92. The Balaban J connectivity index is 1.91. The maximum atomic E-state index is 5.31. The number of alkyl halides is 1. The first kappa shape index (κ1) is 12.5. The first-order valence-corrected chi connectivity index (χ1v) is 6.54. The van der Waals surface area contributed by atoms with Gasteiger partial charge >= 0.3 is 0 Å². The Morgan fingerprint density at radius 1 is 1.43 bits per heavy atom. The zero-order valence-corrected chi connectivity index (χ0v) is 10.9. The van der Waals surface area contributed by atoms with E-state index in [1.807, 2.05) is 6.92 Å². The Kier molecular flexibility index (Phi) is 6.06. The molecule has 0 heterocycles. The van der Waals surface area contributed by atoms with Crippen LogP contribution in [-0.4, -0.2) is 43.1 Å². The van der Waals surface area contributed by atoms with Crippen LogP contribution in [0.5, 0.6) is 0 Å². The van der Waals surface area contributed by atoms with Crippen LogP contribution >= 0.6 is 15.9 Å². The van der Waals surface area contributed by atoms with Crippen molar-refractivity contribution in [2.24, 2.45) is 5.92 Å². The lowest BCUT2D eigenvalue weighted by atomic mass is 9.85. The van der Waals surface area contributed by atoms with Crippen molar-refractivity contribution < 1.29 is 4.74 Å². The highest BCUT2D eigenvalue weighted by atomic mass is 79.9. The van der Waals surface area contributed by atoms with E-state index in [0.717, 1.165) is 30.4 Å². The smallest absolute Gasteiger partial charge is 0.0478 e. The van der Waals surface area contributed by atoms with Crippen molar-refractivity contribution in [3.63, 3.8) is 0 Å². The molecule has 0 aromatic carbocycles. The summed E-state index contributed by atoms with van der Waals surface area (Å²) in [7, 11) is 2.22. The van der Waals surface area contributed by atoms with Gasteiger partial charge in [0.25, 0.3) is 0 Å². The van der Waals surface area contributed by atoms with Gasteiger partial charge < -0.3 is 9.64 Å². The van der Waals surface area contributed by atoms with Crippen LogP contribution in [-0.2, 0) is 4.74 Å². The number of nitrogens with zero attached hydrogens (tertiary/aromatic N) is 1. The number of halogens is 1. The van der Waals surface area contributed by atoms with Gasteiger partial charge in [-0.3, -0.25) is 0 Å². The van der Waals surface area contributed by atoms with Gasteiger partial charge in [-0.25, -0.2) is 0 Å². The second-order valence-corrected chi connectivity index (χ2v) is 5.54. The van der Waals surface area contributed by atoms with Crippen molar-refractivity contribution in [2.75, 3.05) is 33.4 Å². The molecule has 2 nitrogen and oxygen atoms in total. The van der Waals surface area contributed by atoms with Crippen LogP contribution < -0.4 is 0 Å². The van der Waals surface area contributed by atoms with E-state index in [-0.39, 0.29) is 0 Å². The molecule has 0 bridgehead atoms. The summed E-state index contributed by atoms with van der Waals surface area (Å²) in [4.78, 5) is 3.23. The average molecular weight is 264 g/mol. The molecule has 84 valence electrons. The summed E-state index contributed by atoms with van der Waals surface area (Å²) in [5.41, 5.74) is 0. The van der Waals surface area contributed by atoms with Crippen LogP contribution in [0.25, 0.3) is 0 Å². The molecule has 0 aromatic rings. The SMILES string of the molecule is CCOCCCN(C)CC1CC(Br)C1. The molecule has 0 aliphatic heterocycles. The molecule has 0 atom stereocenters. The van der Waals surface area contributed by atoms with Gasteiger partial charge in [0.1, 0.15) is 0 Å². The highest BCUT2D eigenvalue weighted by Gasteiger charge is 2.27. The zero-order chi connectivity index (χ0) is 10.4. The van der Waals surface area contributed by atoms with Crippen LogP contribution in [0.4, 0.5) is 0 Å². The molecule has 0 aromatic heterocycles. The molecule has 0 spiro atoms. The van der Waals surface area contributed by atoms with Gasteiger partial charge in [0.2, 0.25) is 0 Å². The predicted molar refractivity (Wildman–Crippen MR) is 64.0 cm³/mol. The number of rotatable bonds is 7. The van der Waals surface area contributed by atoms with Gasteiger partial charge in [-0.05, 0) is 39.2 Å². The van der Waals surface area contributed by atoms with Crippen LogP contribution in [0.2, 0.25) is 0 Å². The lowest BCUT2D eigenvalue weighted by Gasteiger charge is -2.34. The highest BCUT2D eigenvalue weighted by molar-refractivity contribution is 9.09. The first-order chi connectivity index (χ1) is 6.72. The Morgan fingerprint density at radius 2 is 2.14 bits per heavy atom. The van der Waals surface area contributed by atoms with E-state index >= 15 is 0 Å². The van der Waals surface area contributed by atoms with E-state index in [1.54, 1.807) is 0 Å². The molecule has 0 unspecified atom stereocenters. The minimum atomic E-state index is 0.796. The fraction of sp³-hybridized carbons (Fsp3) is 1.00. The number of ether oxygens (including phenoxy) is 1. The largest absolute Gasteiger partial charge is 0.382 e. The molecule has 0 amide bonds. The monoisotopic (exact) mass is 263 g/mol. The summed E-state index contributed by atoms with van der Waals surface area (Å²) in [6, 6.07) is 0. The second-order valence-electron chi connectivity index (χ2n) is 4.25. The van der Waals surface area contributed by atoms with Crippen molar-refractivity contribution in [3.8, 4) is 0 Å². The molecule has 0 N–H and O–H groups in total. The van der Waals surface area contributed by atoms with Gasteiger partial charge in [0, 0.05) is 31.1 Å². The third-order valence-corrected chi connectivity index (χ3v) is 3.53. The van der Waals surface area contributed by atoms with Gasteiger partial charge in [-0.1, -0.05) is 15.9 Å². The van der Waals surface area contributed by atoms with Crippen LogP contribution in [0.1, 0.15) is 26.2 Å². The maximum absolute atomic E-state index is 5.31. The quantitative estimate of drug-likeness (QED) is 0.517. The van der Waals surface area contributed by atoms with E-state index in [1.165, 1.54) is 25.9 Å². The van der Waals surface area contributed by atoms with Crippen molar-refractivity contribution >= 4 is 15.9 Å². The summed E-state index contributed by atoms with van der Waals surface area (Å²) in [5.74, 6) is 0.927. The maximum Gasteiger partial charge on any atom is 0.0478 e. The Bertz CT molecular complexity index is 148. The summed E-state index contributed by atoms with van der Waals surface area (Å²) >= 11 is 3.63. The van der Waals surface area contributed by atoms with Gasteiger partial charge in [-0.2, -0.15) is 0 Å². The molecule has 1 aliphatic rings. The third-order valence-electron chi connectivity index (χ3n) is 2.78. The number of hydrogen-bond acceptors (Lipinski definition) is 2. The van der Waals surface area contributed by atoms with Crippen LogP contribution in [0.3, 0.4) is 0 Å². The lowest BCUT2D eigenvalue weighted by molar-refractivity contribution is 0.129. The van der Waals surface area contributed by atoms with Gasteiger partial charge in [-0.15, -0.1) is 0 Å². The molecule has 0 radical (unpaired) electrons. The summed E-state index contributed by atoms with van der Waals surface area (Å²) < 4.78 is 5.31. The van der Waals surface area contributed by atoms with E-state index in [4.69, 9.17) is 4.74 Å². The van der Waals surface area contributed by atoms with E-state index in [0.29, 0.717) is 0 Å². The van der Waals surface area contributed by atoms with Crippen LogP contribution in [0.15, 0.2) is 0 Å². The van der Waals surface area contributed by atoms with E-state index in [2.05, 4.69) is 27.9 Å². The third kappa shape index (κ3) is 4.76. The van der Waals surface area contributed by atoms with Gasteiger partial charge in [0.15, 0.2) is 0 Å². The molecule has 14 heavy (non-hydrogen) atoms. The van der Waals surface area contributed by atoms with Crippen molar-refractivity contribution in [3.05, 3.63) is 0 Å². The highest BCUT2D eigenvalue weighted by Crippen LogP contribution is 2.33. The standard InChI is InChI=1S/C11H22BrNO/c1-3-14-6-4-5-13(2)9-10-7-11(12)8-10/h10-11H,3-9H2,1-2H3. The molecule has 3 heteroatoms. The molecular weight excluding hydrogens is 242 g/mol. The fourth-order valence-corrected chi connectivity index (χ4v) is 2.97. The molecule has 1 rings (SSSR count). The Labute approximate surface area is 96.1 Å². The zero-order valence-electron chi connectivity index (χ0n) is 9.34. The summed E-state index contributed by atoms with van der Waals surface area (Å²) in [6.45, 7) is 6.23. The molecule has 1 saturated carbocycles. The molecule has 1 aliphatic carbocycles. The van der Waals surface area contributed by atoms with Crippen molar-refractivity contribution in [1.82, 2.24) is 4.90 Å². The van der Waals surface area contributed by atoms with Crippen LogP contribution in [0, 0.1) is 5.92 Å². The van der Waals surface area contributed by atoms with E-state index in [9.17, 15) is 0 Å². The average Bonchev–Trinajstić information content (AvgIpc) is 2.10. The van der Waals surface area contributed by atoms with E-state index < -0.39 is 0 Å². The predicted octanol–water partition coefficient (Wildman–Crippen LogP) is 2.52. The summed E-state index contributed by atoms with van der Waals surface area (Å²) in [5, 5.41) is 0. The van der Waals surface area contributed by atoms with Gasteiger partial charge in [0.05, 0.1) is 0 Å². The molecular formula is C11H22BrNO. The second kappa shape index (κ2) is 6.81. The summed E-state index contributed by atoms with van der Waals surface area (Å²) in [6.07, 6.45) is 3.88. The lowest BCUT2D eigenvalue weighted by Crippen LogP contribution is -2.35. The Morgan fingerprint density at radius 3 is 2.71 bits per heavy atom. The molecule has 0 saturated heterocycles.